The average Bonchev–Trinajstić information content (AvgIpc) is 2.90. The minimum Gasteiger partial charge on any atom is -0.378 e. The lowest BCUT2D eigenvalue weighted by Gasteiger charge is -2.09. The van der Waals surface area contributed by atoms with Crippen molar-refractivity contribution >= 4 is 23.3 Å². The first kappa shape index (κ1) is 10.8. The van der Waals surface area contributed by atoms with Gasteiger partial charge in [-0.3, -0.25) is 0 Å². The second-order valence-electron chi connectivity index (χ2n) is 2.85. The van der Waals surface area contributed by atoms with Gasteiger partial charge >= 0.3 is 0 Å². The van der Waals surface area contributed by atoms with Crippen LogP contribution in [0.4, 0.5) is 23.3 Å². The third kappa shape index (κ3) is 2.11. The van der Waals surface area contributed by atoms with Crippen molar-refractivity contribution < 1.29 is 9.26 Å². The molecule has 2 rings (SSSR count). The van der Waals surface area contributed by atoms with Gasteiger partial charge in [0.25, 0.3) is 5.82 Å². The van der Waals surface area contributed by atoms with Crippen LogP contribution in [0.3, 0.4) is 0 Å². The number of rotatable bonds is 4. The SMILES string of the molecule is CCN(N=Nc1nonc1N)c1nonc1N. The fourth-order valence-corrected chi connectivity index (χ4v) is 0.982. The van der Waals surface area contributed by atoms with E-state index in [9.17, 15) is 0 Å². The first-order valence-corrected chi connectivity index (χ1v) is 4.57. The zero-order chi connectivity index (χ0) is 12.3. The largest absolute Gasteiger partial charge is 0.378 e. The second kappa shape index (κ2) is 4.42. The Balaban J connectivity index is 2.19. The molecule has 0 radical (unpaired) electrons. The standard InChI is InChI=1S/C6H9N9O2/c1-2-15(6-4(8)11-17-13-6)14-9-5-3(7)10-16-12-5/h2H2,1H3,(H2,7,10)(H2,8,11). The predicted octanol–water partition coefficient (Wildman–Crippen LogP) is 0.142. The summed E-state index contributed by atoms with van der Waals surface area (Å²) in [6.07, 6.45) is 0. The Bertz CT molecular complexity index is 517. The van der Waals surface area contributed by atoms with Crippen LogP contribution in [0.2, 0.25) is 0 Å². The van der Waals surface area contributed by atoms with E-state index in [4.69, 9.17) is 11.5 Å². The molecule has 0 unspecified atom stereocenters. The minimum atomic E-state index is 0.0380. The molecule has 2 aromatic rings. The summed E-state index contributed by atoms with van der Waals surface area (Å²) in [6.45, 7) is 2.27. The number of hydrogen-bond donors (Lipinski definition) is 2. The average molecular weight is 239 g/mol. The van der Waals surface area contributed by atoms with E-state index in [0.29, 0.717) is 6.54 Å². The molecule has 0 amide bonds. The number of anilines is 3. The number of nitrogens with two attached hydrogens (primary N) is 2. The Hall–Kier alpha value is -2.72. The minimum absolute atomic E-state index is 0.0380. The third-order valence-corrected chi connectivity index (χ3v) is 1.78. The van der Waals surface area contributed by atoms with Crippen molar-refractivity contribution in [1.29, 1.82) is 0 Å². The highest BCUT2D eigenvalue weighted by Crippen LogP contribution is 2.20. The summed E-state index contributed by atoms with van der Waals surface area (Å²) in [4.78, 5) is 0. The molecule has 0 aliphatic heterocycles. The van der Waals surface area contributed by atoms with Crippen molar-refractivity contribution in [2.45, 2.75) is 6.92 Å². The van der Waals surface area contributed by atoms with Crippen molar-refractivity contribution in [3.05, 3.63) is 0 Å². The molecule has 4 N–H and O–H groups in total. The first-order valence-electron chi connectivity index (χ1n) is 4.57. The van der Waals surface area contributed by atoms with Crippen LogP contribution in [0.15, 0.2) is 19.6 Å². The topological polar surface area (TPSA) is 158 Å². The first-order chi connectivity index (χ1) is 8.22. The molecule has 0 aliphatic carbocycles. The molecule has 0 spiro atoms. The predicted molar refractivity (Wildman–Crippen MR) is 55.0 cm³/mol. The van der Waals surface area contributed by atoms with Crippen LogP contribution in [-0.2, 0) is 0 Å². The summed E-state index contributed by atoms with van der Waals surface area (Å²) in [6, 6.07) is 0. The Morgan fingerprint density at radius 2 is 1.82 bits per heavy atom. The van der Waals surface area contributed by atoms with Gasteiger partial charge in [0.05, 0.1) is 0 Å². The van der Waals surface area contributed by atoms with E-state index in [-0.39, 0.29) is 23.3 Å². The van der Waals surface area contributed by atoms with E-state index >= 15 is 0 Å². The molecule has 11 nitrogen and oxygen atoms in total. The molecule has 0 aliphatic rings. The zero-order valence-electron chi connectivity index (χ0n) is 8.81. The Morgan fingerprint density at radius 3 is 2.35 bits per heavy atom. The fourth-order valence-electron chi connectivity index (χ4n) is 0.982. The van der Waals surface area contributed by atoms with E-state index in [1.165, 1.54) is 5.01 Å². The van der Waals surface area contributed by atoms with E-state index in [0.717, 1.165) is 0 Å². The smallest absolute Gasteiger partial charge is 0.263 e. The molecule has 0 saturated carbocycles. The molecule has 90 valence electrons. The zero-order valence-corrected chi connectivity index (χ0v) is 8.81. The van der Waals surface area contributed by atoms with Gasteiger partial charge in [-0.25, -0.2) is 14.3 Å². The molecule has 0 fully saturated rings. The molecular formula is C6H9N9O2. The number of nitrogen functional groups attached to an aromatic ring is 2. The van der Waals surface area contributed by atoms with Crippen LogP contribution in [-0.4, -0.2) is 27.2 Å². The molecule has 0 aromatic carbocycles. The van der Waals surface area contributed by atoms with Gasteiger partial charge in [-0.2, -0.15) is 0 Å². The summed E-state index contributed by atoms with van der Waals surface area (Å²) in [5.41, 5.74) is 10.9. The normalized spacial score (nSPS) is 11.1. The number of aromatic nitrogens is 4. The van der Waals surface area contributed by atoms with Crippen LogP contribution in [0, 0.1) is 0 Å². The third-order valence-electron chi connectivity index (χ3n) is 1.78. The molecule has 17 heavy (non-hydrogen) atoms. The van der Waals surface area contributed by atoms with E-state index in [2.05, 4.69) is 40.2 Å². The highest BCUT2D eigenvalue weighted by molar-refractivity contribution is 5.55. The number of hydrogen-bond acceptors (Lipinski definition) is 10. The molecule has 11 heteroatoms. The van der Waals surface area contributed by atoms with Gasteiger partial charge in [-0.1, -0.05) is 5.22 Å². The van der Waals surface area contributed by atoms with E-state index in [1.807, 2.05) is 6.92 Å². The fraction of sp³-hybridized carbons (Fsp3) is 0.333. The van der Waals surface area contributed by atoms with Gasteiger partial charge in [-0.15, -0.1) is 5.11 Å². The Labute approximate surface area is 94.3 Å². The van der Waals surface area contributed by atoms with Gasteiger partial charge in [0.1, 0.15) is 0 Å². The van der Waals surface area contributed by atoms with Crippen molar-refractivity contribution in [3.63, 3.8) is 0 Å². The van der Waals surface area contributed by atoms with Gasteiger partial charge in [0, 0.05) is 6.54 Å². The second-order valence-corrected chi connectivity index (χ2v) is 2.85. The maximum Gasteiger partial charge on any atom is 0.263 e. The van der Waals surface area contributed by atoms with Crippen LogP contribution in [0.25, 0.3) is 0 Å². The summed E-state index contributed by atoms with van der Waals surface area (Å²) in [5.74, 6) is 0.470. The molecule has 2 aromatic heterocycles. The van der Waals surface area contributed by atoms with Crippen molar-refractivity contribution in [1.82, 2.24) is 20.6 Å². The lowest BCUT2D eigenvalue weighted by atomic mass is 10.6. The van der Waals surface area contributed by atoms with Gasteiger partial charge in [0.15, 0.2) is 0 Å². The molecule has 0 saturated heterocycles. The maximum absolute atomic E-state index is 5.51. The van der Waals surface area contributed by atoms with E-state index < -0.39 is 0 Å². The molecule has 0 atom stereocenters. The summed E-state index contributed by atoms with van der Waals surface area (Å²) >= 11 is 0. The van der Waals surface area contributed by atoms with Crippen LogP contribution in [0.1, 0.15) is 6.92 Å². The summed E-state index contributed by atoms with van der Waals surface area (Å²) in [7, 11) is 0. The Morgan fingerprint density at radius 1 is 1.12 bits per heavy atom. The van der Waals surface area contributed by atoms with Crippen LogP contribution < -0.4 is 16.5 Å². The molecule has 2 heterocycles. The quantitative estimate of drug-likeness (QED) is 0.558. The van der Waals surface area contributed by atoms with E-state index in [1.54, 1.807) is 0 Å². The van der Waals surface area contributed by atoms with Crippen molar-refractivity contribution in [3.8, 4) is 0 Å². The highest BCUT2D eigenvalue weighted by atomic mass is 16.6. The lowest BCUT2D eigenvalue weighted by molar-refractivity contribution is 0.308. The van der Waals surface area contributed by atoms with Crippen molar-refractivity contribution in [2.24, 2.45) is 10.3 Å². The summed E-state index contributed by atoms with van der Waals surface area (Å²) in [5, 5.41) is 22.7. The number of nitrogens with zero attached hydrogens (tertiary/aromatic N) is 7. The van der Waals surface area contributed by atoms with Gasteiger partial charge in [0.2, 0.25) is 17.5 Å². The van der Waals surface area contributed by atoms with Gasteiger partial charge < -0.3 is 11.5 Å². The lowest BCUT2D eigenvalue weighted by Crippen LogP contribution is -2.16. The van der Waals surface area contributed by atoms with Crippen LogP contribution in [0.5, 0.6) is 0 Å². The monoisotopic (exact) mass is 239 g/mol. The molecular weight excluding hydrogens is 230 g/mol. The maximum atomic E-state index is 5.51. The highest BCUT2D eigenvalue weighted by Gasteiger charge is 2.14. The van der Waals surface area contributed by atoms with Gasteiger partial charge in [-0.05, 0) is 27.6 Å². The van der Waals surface area contributed by atoms with Crippen LogP contribution >= 0.6 is 0 Å². The molecule has 0 bridgehead atoms. The summed E-state index contributed by atoms with van der Waals surface area (Å²) < 4.78 is 8.81. The Kier molecular flexibility index (Phi) is 2.81. The van der Waals surface area contributed by atoms with Crippen molar-refractivity contribution in [2.75, 3.05) is 23.0 Å².